The van der Waals surface area contributed by atoms with Crippen LogP contribution in [-0.4, -0.2) is 163 Å². The molecule has 68 heavy (non-hydrogen) atoms. The summed E-state index contributed by atoms with van der Waals surface area (Å²) in [6.07, 6.45) is -3.21. The van der Waals surface area contributed by atoms with Crippen molar-refractivity contribution >= 4 is 28.6 Å². The van der Waals surface area contributed by atoms with E-state index < -0.39 is 89.8 Å². The van der Waals surface area contributed by atoms with Crippen LogP contribution in [0.1, 0.15) is 90.1 Å². The number of likely N-dealkylation sites (N-methyl/N-ethyl adjacent to an activating group) is 2. The van der Waals surface area contributed by atoms with E-state index in [4.69, 9.17) is 28.4 Å². The van der Waals surface area contributed by atoms with Gasteiger partial charge in [-0.15, -0.1) is 0 Å². The molecule has 0 spiro atoms. The van der Waals surface area contributed by atoms with Crippen molar-refractivity contribution in [2.45, 2.75) is 153 Å². The molecule has 4 heterocycles. The minimum absolute atomic E-state index is 0.0418. The summed E-state index contributed by atoms with van der Waals surface area (Å²) in [4.78, 5) is 49.0. The normalized spacial score (nSPS) is 35.6. The van der Waals surface area contributed by atoms with E-state index in [0.717, 1.165) is 16.5 Å². The van der Waals surface area contributed by atoms with Gasteiger partial charge in [0.25, 0.3) is 5.91 Å². The number of nitrogens with zero attached hydrogens (tertiary/aromatic N) is 2. The van der Waals surface area contributed by atoms with E-state index >= 15 is 0 Å². The Morgan fingerprint density at radius 1 is 1.00 bits per heavy atom. The number of nitrogens with one attached hydrogen (secondary N) is 3. The third-order valence-corrected chi connectivity index (χ3v) is 14.3. The molecule has 3 fully saturated rings. The number of methoxy groups -OCH3 is 1. The minimum Gasteiger partial charge on any atom is -0.387 e. The van der Waals surface area contributed by atoms with Gasteiger partial charge < -0.3 is 64.1 Å². The molecule has 0 radical (unpaired) electrons. The molecule has 3 aliphatic rings. The van der Waals surface area contributed by atoms with Gasteiger partial charge in [0.05, 0.1) is 47.1 Å². The molecular weight excluding hydrogens is 878 g/mol. The summed E-state index contributed by atoms with van der Waals surface area (Å²) in [5, 5.41) is 30.9. The highest BCUT2D eigenvalue weighted by molar-refractivity contribution is 5.94. The van der Waals surface area contributed by atoms with Gasteiger partial charge in [0.15, 0.2) is 12.6 Å². The molecule has 3 aromatic rings. The number of carbonyl (C=O) groups is 3. The van der Waals surface area contributed by atoms with Crippen molar-refractivity contribution in [3.05, 3.63) is 71.7 Å². The van der Waals surface area contributed by atoms with Crippen LogP contribution in [0.3, 0.4) is 0 Å². The fourth-order valence-electron chi connectivity index (χ4n) is 10.6. The first-order valence-corrected chi connectivity index (χ1v) is 24.1. The highest BCUT2D eigenvalue weighted by Crippen LogP contribution is 2.40. The predicted molar refractivity (Wildman–Crippen MR) is 254 cm³/mol. The summed E-state index contributed by atoms with van der Waals surface area (Å²) in [6, 6.07) is 12.5. The van der Waals surface area contributed by atoms with Crippen LogP contribution in [0, 0.1) is 23.6 Å². The molecule has 0 bridgehead atoms. The first-order valence-electron chi connectivity index (χ1n) is 24.1. The van der Waals surface area contributed by atoms with Gasteiger partial charge >= 0.3 is 0 Å². The van der Waals surface area contributed by atoms with Gasteiger partial charge in [-0.1, -0.05) is 51.1 Å². The molecule has 378 valence electrons. The number of rotatable bonds is 14. The number of H-pyrrole nitrogens is 1. The third kappa shape index (κ3) is 12.5. The molecule has 5 N–H and O–H groups in total. The van der Waals surface area contributed by atoms with Crippen molar-refractivity contribution in [2.24, 2.45) is 17.8 Å². The van der Waals surface area contributed by atoms with Crippen molar-refractivity contribution in [2.75, 3.05) is 47.9 Å². The van der Waals surface area contributed by atoms with Gasteiger partial charge in [-0.05, 0) is 90.7 Å². The van der Waals surface area contributed by atoms with E-state index in [-0.39, 0.29) is 68.5 Å². The van der Waals surface area contributed by atoms with Crippen molar-refractivity contribution in [1.82, 2.24) is 25.4 Å². The fraction of sp³-hybridized carbons (Fsp3) is 0.667. The van der Waals surface area contributed by atoms with Crippen LogP contribution in [-0.2, 0) is 44.4 Å². The predicted octanol–water partition coefficient (Wildman–Crippen LogP) is 4.80. The zero-order valence-electron chi connectivity index (χ0n) is 41.7. The van der Waals surface area contributed by atoms with Crippen molar-refractivity contribution in [3.8, 4) is 0 Å². The second-order valence-corrected chi connectivity index (χ2v) is 20.3. The Bertz CT molecular complexity index is 2160. The number of hydrogen-bond acceptors (Lipinski definition) is 12. The van der Waals surface area contributed by atoms with E-state index in [1.54, 1.807) is 45.7 Å². The molecule has 0 aliphatic carbocycles. The molecule has 6 rings (SSSR count). The number of amides is 3. The number of para-hydroxylation sites is 1. The molecule has 15 atom stereocenters. The van der Waals surface area contributed by atoms with E-state index in [1.807, 2.05) is 65.3 Å². The smallest absolute Gasteiger partial charge is 0.254 e. The minimum atomic E-state index is -1.60. The van der Waals surface area contributed by atoms with Crippen molar-refractivity contribution in [3.63, 3.8) is 0 Å². The van der Waals surface area contributed by atoms with E-state index in [2.05, 4.69) is 20.5 Å². The number of aromatic amines is 1. The number of carbonyl (C=O) groups excluding carboxylic acids is 3. The molecular formula is C51H76FN5O11. The first-order chi connectivity index (χ1) is 32.1. The van der Waals surface area contributed by atoms with Gasteiger partial charge in [0.1, 0.15) is 24.1 Å². The summed E-state index contributed by atoms with van der Waals surface area (Å²) in [5.74, 6) is -3.79. The molecule has 1 aromatic heterocycles. The molecule has 3 aliphatic heterocycles. The summed E-state index contributed by atoms with van der Waals surface area (Å²) in [6.45, 7) is 13.4. The highest BCUT2D eigenvalue weighted by Gasteiger charge is 2.52. The number of aliphatic hydroxyl groups excluding tert-OH is 1. The monoisotopic (exact) mass is 954 g/mol. The van der Waals surface area contributed by atoms with Gasteiger partial charge in [-0.3, -0.25) is 14.4 Å². The Morgan fingerprint density at radius 3 is 2.41 bits per heavy atom. The van der Waals surface area contributed by atoms with Gasteiger partial charge in [0, 0.05) is 75.8 Å². The lowest BCUT2D eigenvalue weighted by molar-refractivity contribution is -0.320. The molecule has 3 amide bonds. The van der Waals surface area contributed by atoms with Crippen LogP contribution in [0.5, 0.6) is 0 Å². The Labute approximate surface area is 400 Å². The summed E-state index contributed by atoms with van der Waals surface area (Å²) < 4.78 is 53.6. The highest BCUT2D eigenvalue weighted by atomic mass is 19.1. The number of aromatic nitrogens is 1. The molecule has 2 aromatic carbocycles. The zero-order chi connectivity index (χ0) is 49.7. The topological polar surface area (TPSA) is 193 Å². The van der Waals surface area contributed by atoms with Gasteiger partial charge in [-0.2, -0.15) is 0 Å². The van der Waals surface area contributed by atoms with Crippen LogP contribution in [0.4, 0.5) is 4.39 Å². The second kappa shape index (κ2) is 22.8. The number of fused-ring (bicyclic) bond motifs is 1. The molecule has 4 unspecified atom stereocenters. The third-order valence-electron chi connectivity index (χ3n) is 14.3. The number of halogens is 1. The largest absolute Gasteiger partial charge is 0.387 e. The van der Waals surface area contributed by atoms with Crippen molar-refractivity contribution < 1.29 is 57.4 Å². The average Bonchev–Trinajstić information content (AvgIpc) is 3.70. The standard InChI is InChI=1S/C51H76FN5O11/c1-29-25-50(6,62)45(68-49-43(40(56(8)9)23-30(2)65-49)64-22-16-21-53-47(60)36-18-12-14-19-37(36)52)31(3)42(67-41-26-51(7,63-11)44(58)33(5)66-41)32(4)46(59)55-39(48(61)57(10)28-29)24-34-27-54-38-20-15-13-17-35(34)38/h12-15,17-20,27,29-33,39-45,49,54,58,62H,16,21-26,28H2,1-11H3,(H,53,60)(H,55,59)/t29-,30?,31+,32-,33?,39+,40+,41?,42+,43-,44+,45-,49?,50-,51-/m1/s1. The maximum absolute atomic E-state index is 14.8. The second-order valence-electron chi connectivity index (χ2n) is 20.3. The van der Waals surface area contributed by atoms with Crippen LogP contribution in [0.2, 0.25) is 0 Å². The summed E-state index contributed by atoms with van der Waals surface area (Å²) in [5.41, 5.74) is -0.900. The SMILES string of the molecule is CO[C@]1(C)CC(O[C@H]2[C@H](C)[C@@H](OC3OC(C)C[C@H](N(C)C)[C@H]3OCCCNC(=O)c3ccccc3F)[C@](C)(O)C[C@@H](C)CN(C)C(=O)[C@H](Cc3c[nH]c4ccccc34)NC(=O)[C@@H]2C)OC(C)[C@@H]1O. The molecule has 17 heteroatoms. The van der Waals surface area contributed by atoms with Crippen LogP contribution < -0.4 is 10.6 Å². The number of ether oxygens (including phenoxy) is 6. The van der Waals surface area contributed by atoms with Gasteiger partial charge in [-0.25, -0.2) is 4.39 Å². The van der Waals surface area contributed by atoms with E-state index in [9.17, 15) is 29.0 Å². The van der Waals surface area contributed by atoms with Gasteiger partial charge in [0.2, 0.25) is 11.8 Å². The average molecular weight is 954 g/mol. The lowest BCUT2D eigenvalue weighted by Gasteiger charge is -2.49. The lowest BCUT2D eigenvalue weighted by atomic mass is 9.77. The molecule has 16 nitrogen and oxygen atoms in total. The Hall–Kier alpha value is -4.04. The number of hydrogen-bond donors (Lipinski definition) is 5. The van der Waals surface area contributed by atoms with Crippen LogP contribution in [0.25, 0.3) is 10.9 Å². The first kappa shape index (κ1) is 53.3. The number of aliphatic hydroxyl groups is 2. The van der Waals surface area contributed by atoms with Crippen LogP contribution >= 0.6 is 0 Å². The van der Waals surface area contributed by atoms with E-state index in [0.29, 0.717) is 12.8 Å². The fourth-order valence-corrected chi connectivity index (χ4v) is 10.6. The summed E-state index contributed by atoms with van der Waals surface area (Å²) in [7, 11) is 7.14. The van der Waals surface area contributed by atoms with Crippen LogP contribution in [0.15, 0.2) is 54.7 Å². The molecule has 3 saturated heterocycles. The summed E-state index contributed by atoms with van der Waals surface area (Å²) >= 11 is 0. The Balaban J connectivity index is 1.33. The maximum atomic E-state index is 14.8. The van der Waals surface area contributed by atoms with Crippen molar-refractivity contribution in [1.29, 1.82) is 0 Å². The maximum Gasteiger partial charge on any atom is 0.254 e. The molecule has 0 saturated carbocycles. The number of benzene rings is 2. The zero-order valence-corrected chi connectivity index (χ0v) is 41.7. The van der Waals surface area contributed by atoms with E-state index in [1.165, 1.54) is 25.3 Å². The Kier molecular flexibility index (Phi) is 17.9. The lowest BCUT2D eigenvalue weighted by Crippen LogP contribution is -2.61. The quantitative estimate of drug-likeness (QED) is 0.139. The Morgan fingerprint density at radius 2 is 1.71 bits per heavy atom.